The second-order valence-electron chi connectivity index (χ2n) is 7.93. The molecule has 0 unspecified atom stereocenters. The minimum Gasteiger partial charge on any atom is -0.337 e. The SMILES string of the molecule is Cc1cccc(Cl)c1S(=O)(=O)NC[C@@H]1CCC[C@@H]2CN(C(=O)c3cnn[nH]3)C[C@@H]21. The summed E-state index contributed by atoms with van der Waals surface area (Å²) in [5.74, 6) is 0.748. The van der Waals surface area contributed by atoms with Gasteiger partial charge in [-0.15, -0.1) is 5.10 Å². The summed E-state index contributed by atoms with van der Waals surface area (Å²) in [6.45, 7) is 3.40. The number of hydrogen-bond donors (Lipinski definition) is 2. The number of likely N-dealkylation sites (tertiary alicyclic amines) is 1. The predicted molar refractivity (Wildman–Crippen MR) is 108 cm³/mol. The first kappa shape index (κ1) is 20.3. The van der Waals surface area contributed by atoms with E-state index in [9.17, 15) is 13.2 Å². The van der Waals surface area contributed by atoms with Crippen molar-refractivity contribution in [2.75, 3.05) is 19.6 Å². The Morgan fingerprint density at radius 1 is 1.34 bits per heavy atom. The summed E-state index contributed by atoms with van der Waals surface area (Å²) in [7, 11) is -3.70. The van der Waals surface area contributed by atoms with Gasteiger partial charge in [0.1, 0.15) is 10.6 Å². The molecule has 1 aromatic heterocycles. The summed E-state index contributed by atoms with van der Waals surface area (Å²) in [4.78, 5) is 14.6. The molecule has 156 valence electrons. The molecular formula is C19H24ClN5O3S. The Morgan fingerprint density at radius 3 is 2.90 bits per heavy atom. The van der Waals surface area contributed by atoms with E-state index in [1.807, 2.05) is 4.90 Å². The zero-order valence-electron chi connectivity index (χ0n) is 16.1. The maximum atomic E-state index is 12.9. The minimum absolute atomic E-state index is 0.101. The number of fused-ring (bicyclic) bond motifs is 1. The van der Waals surface area contributed by atoms with Crippen molar-refractivity contribution in [3.05, 3.63) is 40.7 Å². The molecule has 2 fully saturated rings. The lowest BCUT2D eigenvalue weighted by Gasteiger charge is -2.32. The Morgan fingerprint density at radius 2 is 2.17 bits per heavy atom. The molecule has 0 bridgehead atoms. The number of nitrogens with zero attached hydrogens (tertiary/aromatic N) is 3. The minimum atomic E-state index is -3.70. The second-order valence-corrected chi connectivity index (χ2v) is 10.0. The smallest absolute Gasteiger partial charge is 0.273 e. The maximum absolute atomic E-state index is 12.9. The monoisotopic (exact) mass is 437 g/mol. The lowest BCUT2D eigenvalue weighted by molar-refractivity contribution is 0.0775. The third kappa shape index (κ3) is 4.04. The molecule has 29 heavy (non-hydrogen) atoms. The number of sulfonamides is 1. The predicted octanol–water partition coefficient (Wildman–Crippen LogP) is 2.23. The highest BCUT2D eigenvalue weighted by Crippen LogP contribution is 2.40. The van der Waals surface area contributed by atoms with Crippen LogP contribution in [0, 0.1) is 24.7 Å². The number of aromatic nitrogens is 3. The van der Waals surface area contributed by atoms with Crippen molar-refractivity contribution in [3.8, 4) is 0 Å². The van der Waals surface area contributed by atoms with Crippen LogP contribution in [0.25, 0.3) is 0 Å². The molecule has 1 saturated carbocycles. The highest BCUT2D eigenvalue weighted by Gasteiger charge is 2.42. The first-order valence-corrected chi connectivity index (χ1v) is 11.6. The number of rotatable bonds is 5. The van der Waals surface area contributed by atoms with Crippen LogP contribution in [0.15, 0.2) is 29.3 Å². The van der Waals surface area contributed by atoms with Crippen LogP contribution in [0.4, 0.5) is 0 Å². The highest BCUT2D eigenvalue weighted by molar-refractivity contribution is 7.89. The zero-order chi connectivity index (χ0) is 20.6. The van der Waals surface area contributed by atoms with Gasteiger partial charge >= 0.3 is 0 Å². The molecule has 10 heteroatoms. The third-order valence-corrected chi connectivity index (χ3v) is 8.20. The van der Waals surface area contributed by atoms with Crippen LogP contribution in [0.1, 0.15) is 35.3 Å². The van der Waals surface area contributed by atoms with E-state index in [0.29, 0.717) is 36.8 Å². The molecule has 1 aliphatic heterocycles. The molecule has 0 radical (unpaired) electrons. The summed E-state index contributed by atoms with van der Waals surface area (Å²) in [5, 5.41) is 10.1. The van der Waals surface area contributed by atoms with E-state index in [2.05, 4.69) is 20.1 Å². The zero-order valence-corrected chi connectivity index (χ0v) is 17.7. The van der Waals surface area contributed by atoms with Crippen molar-refractivity contribution in [1.29, 1.82) is 0 Å². The number of H-pyrrole nitrogens is 1. The van der Waals surface area contributed by atoms with Crippen molar-refractivity contribution in [1.82, 2.24) is 25.0 Å². The lowest BCUT2D eigenvalue weighted by Crippen LogP contribution is -2.38. The van der Waals surface area contributed by atoms with Crippen LogP contribution in [0.2, 0.25) is 5.02 Å². The summed E-state index contributed by atoms with van der Waals surface area (Å²) in [6, 6.07) is 5.06. The van der Waals surface area contributed by atoms with Gasteiger partial charge in [-0.05, 0) is 49.1 Å². The molecule has 2 heterocycles. The highest BCUT2D eigenvalue weighted by atomic mass is 35.5. The fourth-order valence-electron chi connectivity index (χ4n) is 4.73. The normalized spacial score (nSPS) is 24.5. The van der Waals surface area contributed by atoms with Crippen LogP contribution in [0.5, 0.6) is 0 Å². The van der Waals surface area contributed by atoms with Gasteiger partial charge in [0.25, 0.3) is 5.91 Å². The molecule has 2 N–H and O–H groups in total. The summed E-state index contributed by atoms with van der Waals surface area (Å²) < 4.78 is 28.5. The second kappa shape index (κ2) is 8.04. The van der Waals surface area contributed by atoms with E-state index in [0.717, 1.165) is 19.3 Å². The van der Waals surface area contributed by atoms with Crippen LogP contribution in [0.3, 0.4) is 0 Å². The molecule has 3 atom stereocenters. The standard InChI is InChI=1S/C19H24ClN5O3S/c1-12-4-2-7-16(20)18(12)29(27,28)22-8-13-5-3-6-14-10-25(11-15(13)14)19(26)17-9-21-24-23-17/h2,4,7,9,13-15,22H,3,5-6,8,10-11H2,1H3,(H,21,23,24)/t13-,14+,15+/m0/s1. The van der Waals surface area contributed by atoms with E-state index in [1.54, 1.807) is 25.1 Å². The van der Waals surface area contributed by atoms with Gasteiger partial charge in [0, 0.05) is 19.6 Å². The molecule has 1 aromatic carbocycles. The van der Waals surface area contributed by atoms with Gasteiger partial charge in [-0.2, -0.15) is 0 Å². The average Bonchev–Trinajstić information content (AvgIpc) is 3.35. The fraction of sp³-hybridized carbons (Fsp3) is 0.526. The van der Waals surface area contributed by atoms with Crippen molar-refractivity contribution in [2.24, 2.45) is 17.8 Å². The number of aromatic amines is 1. The number of halogens is 1. The summed E-state index contributed by atoms with van der Waals surface area (Å²) in [6.07, 6.45) is 4.47. The van der Waals surface area contributed by atoms with Crippen molar-refractivity contribution < 1.29 is 13.2 Å². The van der Waals surface area contributed by atoms with Gasteiger partial charge in [0.2, 0.25) is 10.0 Å². The molecule has 8 nitrogen and oxygen atoms in total. The van der Waals surface area contributed by atoms with Gasteiger partial charge in [-0.25, -0.2) is 13.1 Å². The number of hydrogen-bond acceptors (Lipinski definition) is 5. The Labute approximate surface area is 175 Å². The maximum Gasteiger partial charge on any atom is 0.273 e. The number of amides is 1. The topological polar surface area (TPSA) is 108 Å². The van der Waals surface area contributed by atoms with Gasteiger partial charge < -0.3 is 4.90 Å². The van der Waals surface area contributed by atoms with E-state index >= 15 is 0 Å². The van der Waals surface area contributed by atoms with E-state index in [-0.39, 0.29) is 27.7 Å². The Kier molecular flexibility index (Phi) is 5.63. The summed E-state index contributed by atoms with van der Waals surface area (Å²) in [5.41, 5.74) is 1.01. The van der Waals surface area contributed by atoms with Crippen LogP contribution in [-0.2, 0) is 10.0 Å². The number of aryl methyl sites for hydroxylation is 1. The first-order valence-electron chi connectivity index (χ1n) is 9.77. The molecule has 4 rings (SSSR count). The van der Waals surface area contributed by atoms with Crippen molar-refractivity contribution >= 4 is 27.5 Å². The van der Waals surface area contributed by atoms with Crippen LogP contribution >= 0.6 is 11.6 Å². The lowest BCUT2D eigenvalue weighted by atomic mass is 9.74. The van der Waals surface area contributed by atoms with E-state index < -0.39 is 10.0 Å². The van der Waals surface area contributed by atoms with E-state index in [1.165, 1.54) is 6.20 Å². The quantitative estimate of drug-likeness (QED) is 0.745. The third-order valence-electron chi connectivity index (χ3n) is 6.15. The Bertz CT molecular complexity index is 975. The van der Waals surface area contributed by atoms with Crippen molar-refractivity contribution in [2.45, 2.75) is 31.1 Å². The van der Waals surface area contributed by atoms with E-state index in [4.69, 9.17) is 11.6 Å². The largest absolute Gasteiger partial charge is 0.337 e. The van der Waals surface area contributed by atoms with Gasteiger partial charge in [0.05, 0.1) is 11.2 Å². The van der Waals surface area contributed by atoms with Gasteiger partial charge in [-0.3, -0.25) is 9.89 Å². The molecular weight excluding hydrogens is 414 g/mol. The Balaban J connectivity index is 1.45. The Hall–Kier alpha value is -1.97. The van der Waals surface area contributed by atoms with Crippen molar-refractivity contribution in [3.63, 3.8) is 0 Å². The fourth-order valence-corrected chi connectivity index (χ4v) is 6.65. The first-order chi connectivity index (χ1) is 13.9. The molecule has 1 aliphatic carbocycles. The number of nitrogens with one attached hydrogen (secondary N) is 2. The molecule has 1 saturated heterocycles. The van der Waals surface area contributed by atoms with Gasteiger partial charge in [-0.1, -0.05) is 35.4 Å². The molecule has 2 aliphatic rings. The molecule has 2 aromatic rings. The van der Waals surface area contributed by atoms with Crippen LogP contribution in [-0.4, -0.2) is 54.3 Å². The summed E-state index contributed by atoms with van der Waals surface area (Å²) >= 11 is 6.15. The number of carbonyl (C=O) groups excluding carboxylic acids is 1. The van der Waals surface area contributed by atoms with Crippen LogP contribution < -0.4 is 4.72 Å². The van der Waals surface area contributed by atoms with Gasteiger partial charge in [0.15, 0.2) is 0 Å². The number of carbonyl (C=O) groups is 1. The average molecular weight is 438 g/mol. The number of benzene rings is 1. The molecule has 0 spiro atoms. The molecule has 1 amide bonds.